The van der Waals surface area contributed by atoms with Crippen LogP contribution in [0, 0.1) is 11.8 Å². The average Bonchev–Trinajstić information content (AvgIpc) is 2.88. The lowest BCUT2D eigenvalue weighted by atomic mass is 9.74. The minimum Gasteiger partial charge on any atom is -0.444 e. The lowest BCUT2D eigenvalue weighted by Crippen LogP contribution is -2.63. The highest BCUT2D eigenvalue weighted by atomic mass is 16.6. The molecule has 1 unspecified atom stereocenters. The van der Waals surface area contributed by atoms with Crippen molar-refractivity contribution in [2.24, 2.45) is 11.8 Å². The standard InChI is InChI=1S/C30H53N3O5/c1-6-7-8-25-23-32(16-9-24-10-21-36-22-11-24)27(35)38-30(25)14-19-33(20-15-30)29(5)12-17-31(18-13-29)26(34)37-28(2,3)4/h24-25H,6-23H2,1-5H3. The van der Waals surface area contributed by atoms with Crippen molar-refractivity contribution in [3.63, 3.8) is 0 Å². The molecule has 4 saturated heterocycles. The number of carbonyl (C=O) groups excluding carboxylic acids is 2. The van der Waals surface area contributed by atoms with E-state index in [1.807, 2.05) is 30.6 Å². The first-order chi connectivity index (χ1) is 18.0. The summed E-state index contributed by atoms with van der Waals surface area (Å²) in [5.74, 6) is 1.06. The topological polar surface area (TPSA) is 71.5 Å². The van der Waals surface area contributed by atoms with E-state index in [2.05, 4.69) is 18.7 Å². The summed E-state index contributed by atoms with van der Waals surface area (Å²) in [4.78, 5) is 32.2. The zero-order valence-electron chi connectivity index (χ0n) is 24.8. The summed E-state index contributed by atoms with van der Waals surface area (Å²) in [6.07, 6.45) is 10.1. The van der Waals surface area contributed by atoms with Crippen molar-refractivity contribution < 1.29 is 23.8 Å². The molecule has 0 bridgehead atoms. The number of amides is 2. The van der Waals surface area contributed by atoms with Crippen molar-refractivity contribution in [2.45, 2.75) is 116 Å². The Morgan fingerprint density at radius 3 is 2.29 bits per heavy atom. The predicted molar refractivity (Wildman–Crippen MR) is 148 cm³/mol. The summed E-state index contributed by atoms with van der Waals surface area (Å²) >= 11 is 0. The quantitative estimate of drug-likeness (QED) is 0.417. The first-order valence-corrected chi connectivity index (χ1v) is 15.3. The molecule has 38 heavy (non-hydrogen) atoms. The summed E-state index contributed by atoms with van der Waals surface area (Å²) in [5.41, 5.74) is -0.732. The van der Waals surface area contributed by atoms with Gasteiger partial charge in [-0.05, 0) is 72.1 Å². The summed E-state index contributed by atoms with van der Waals surface area (Å²) in [6, 6.07) is 0. The van der Waals surface area contributed by atoms with Gasteiger partial charge in [0, 0.05) is 76.8 Å². The molecule has 2 amide bonds. The minimum absolute atomic E-state index is 0.0630. The van der Waals surface area contributed by atoms with Crippen molar-refractivity contribution in [2.75, 3.05) is 52.5 Å². The van der Waals surface area contributed by atoms with E-state index in [0.29, 0.717) is 11.8 Å². The van der Waals surface area contributed by atoms with Crippen LogP contribution >= 0.6 is 0 Å². The molecule has 8 nitrogen and oxygen atoms in total. The van der Waals surface area contributed by atoms with E-state index in [0.717, 1.165) is 104 Å². The van der Waals surface area contributed by atoms with Crippen LogP contribution in [0.15, 0.2) is 0 Å². The number of rotatable bonds is 7. The van der Waals surface area contributed by atoms with Crippen molar-refractivity contribution in [1.29, 1.82) is 0 Å². The van der Waals surface area contributed by atoms with Gasteiger partial charge in [-0.15, -0.1) is 0 Å². The molecule has 4 rings (SSSR count). The Kier molecular flexibility index (Phi) is 9.55. The van der Waals surface area contributed by atoms with Gasteiger partial charge >= 0.3 is 12.2 Å². The number of unbranched alkanes of at least 4 members (excludes halogenated alkanes) is 1. The molecule has 218 valence electrons. The van der Waals surface area contributed by atoms with Gasteiger partial charge in [-0.2, -0.15) is 0 Å². The minimum atomic E-state index is -0.467. The fraction of sp³-hybridized carbons (Fsp3) is 0.933. The Hall–Kier alpha value is -1.54. The number of nitrogens with zero attached hydrogens (tertiary/aromatic N) is 3. The van der Waals surface area contributed by atoms with Gasteiger partial charge in [0.2, 0.25) is 0 Å². The first kappa shape index (κ1) is 29.4. The second-order valence-corrected chi connectivity index (χ2v) is 13.5. The molecule has 4 aliphatic rings. The van der Waals surface area contributed by atoms with Crippen molar-refractivity contribution in [3.05, 3.63) is 0 Å². The summed E-state index contributed by atoms with van der Waals surface area (Å²) in [6.45, 7) is 17.0. The monoisotopic (exact) mass is 535 g/mol. The lowest BCUT2D eigenvalue weighted by Gasteiger charge is -2.55. The van der Waals surface area contributed by atoms with E-state index >= 15 is 0 Å². The number of hydrogen-bond acceptors (Lipinski definition) is 6. The number of ether oxygens (including phenoxy) is 3. The number of hydrogen-bond donors (Lipinski definition) is 0. The molecule has 0 aromatic rings. The second kappa shape index (κ2) is 12.3. The molecule has 0 aromatic heterocycles. The highest BCUT2D eigenvalue weighted by Crippen LogP contribution is 2.43. The van der Waals surface area contributed by atoms with E-state index in [4.69, 9.17) is 14.2 Å². The molecule has 8 heteroatoms. The third kappa shape index (κ3) is 7.15. The Bertz CT molecular complexity index is 790. The molecule has 4 heterocycles. The van der Waals surface area contributed by atoms with Crippen LogP contribution in [0.5, 0.6) is 0 Å². The van der Waals surface area contributed by atoms with Crippen LogP contribution in [0.4, 0.5) is 9.59 Å². The van der Waals surface area contributed by atoms with Gasteiger partial charge in [-0.3, -0.25) is 4.90 Å². The average molecular weight is 536 g/mol. The Balaban J connectivity index is 1.32. The largest absolute Gasteiger partial charge is 0.444 e. The van der Waals surface area contributed by atoms with Crippen LogP contribution in [0.3, 0.4) is 0 Å². The second-order valence-electron chi connectivity index (χ2n) is 13.5. The fourth-order valence-corrected chi connectivity index (χ4v) is 6.94. The molecular formula is C30H53N3O5. The van der Waals surface area contributed by atoms with Gasteiger partial charge in [0.1, 0.15) is 11.2 Å². The van der Waals surface area contributed by atoms with Gasteiger partial charge < -0.3 is 24.0 Å². The zero-order chi connectivity index (χ0) is 27.4. The highest BCUT2D eigenvalue weighted by Gasteiger charge is 2.51. The maximum absolute atomic E-state index is 13.2. The molecule has 4 fully saturated rings. The van der Waals surface area contributed by atoms with Crippen LogP contribution in [0.2, 0.25) is 0 Å². The Morgan fingerprint density at radius 2 is 1.68 bits per heavy atom. The molecule has 0 aliphatic carbocycles. The van der Waals surface area contributed by atoms with Crippen LogP contribution in [0.1, 0.15) is 98.8 Å². The highest BCUT2D eigenvalue weighted by molar-refractivity contribution is 5.69. The molecule has 1 spiro atoms. The molecule has 0 aromatic carbocycles. The molecular weight excluding hydrogens is 482 g/mol. The molecule has 0 saturated carbocycles. The zero-order valence-corrected chi connectivity index (χ0v) is 24.8. The first-order valence-electron chi connectivity index (χ1n) is 15.3. The summed E-state index contributed by atoms with van der Waals surface area (Å²) < 4.78 is 17.5. The lowest BCUT2D eigenvalue weighted by molar-refractivity contribution is -0.133. The summed E-state index contributed by atoms with van der Waals surface area (Å²) in [5, 5.41) is 0. The van der Waals surface area contributed by atoms with Crippen molar-refractivity contribution in [3.8, 4) is 0 Å². The van der Waals surface area contributed by atoms with E-state index in [-0.39, 0.29) is 23.3 Å². The van der Waals surface area contributed by atoms with E-state index in [9.17, 15) is 9.59 Å². The SMILES string of the molecule is CCCCC1CN(CCC2CCOCC2)C(=O)OC12CCN(C1(C)CCN(C(=O)OC(C)(C)C)CC1)CC2. The Morgan fingerprint density at radius 1 is 1.03 bits per heavy atom. The van der Waals surface area contributed by atoms with Gasteiger partial charge in [-0.25, -0.2) is 9.59 Å². The molecule has 0 radical (unpaired) electrons. The molecule has 0 N–H and O–H groups in total. The van der Waals surface area contributed by atoms with Crippen LogP contribution in [-0.4, -0.2) is 96.1 Å². The van der Waals surface area contributed by atoms with Gasteiger partial charge in [-0.1, -0.05) is 19.8 Å². The normalized spacial score (nSPS) is 26.9. The van der Waals surface area contributed by atoms with E-state index < -0.39 is 5.60 Å². The number of carbonyl (C=O) groups is 2. The third-order valence-corrected chi connectivity index (χ3v) is 9.65. The Labute approximate surface area is 230 Å². The fourth-order valence-electron chi connectivity index (χ4n) is 6.94. The maximum atomic E-state index is 13.2. The third-order valence-electron chi connectivity index (χ3n) is 9.65. The number of likely N-dealkylation sites (tertiary alicyclic amines) is 2. The van der Waals surface area contributed by atoms with Crippen LogP contribution in [-0.2, 0) is 14.2 Å². The van der Waals surface area contributed by atoms with Gasteiger partial charge in [0.15, 0.2) is 0 Å². The van der Waals surface area contributed by atoms with Gasteiger partial charge in [0.25, 0.3) is 0 Å². The van der Waals surface area contributed by atoms with E-state index in [1.54, 1.807) is 0 Å². The molecule has 4 aliphatic heterocycles. The smallest absolute Gasteiger partial charge is 0.410 e. The maximum Gasteiger partial charge on any atom is 0.410 e. The number of piperidine rings is 2. The van der Waals surface area contributed by atoms with Crippen molar-refractivity contribution >= 4 is 12.2 Å². The predicted octanol–water partition coefficient (Wildman–Crippen LogP) is 5.69. The van der Waals surface area contributed by atoms with Crippen LogP contribution in [0.25, 0.3) is 0 Å². The summed E-state index contributed by atoms with van der Waals surface area (Å²) in [7, 11) is 0. The van der Waals surface area contributed by atoms with E-state index in [1.165, 1.54) is 12.8 Å². The molecule has 1 atom stereocenters. The van der Waals surface area contributed by atoms with Crippen molar-refractivity contribution in [1.82, 2.24) is 14.7 Å². The van der Waals surface area contributed by atoms with Crippen LogP contribution < -0.4 is 0 Å². The van der Waals surface area contributed by atoms with Gasteiger partial charge in [0.05, 0.1) is 0 Å².